The Morgan fingerprint density at radius 2 is 1.84 bits per heavy atom. The van der Waals surface area contributed by atoms with Crippen LogP contribution in [-0.4, -0.2) is 13.1 Å². The number of hydrogen-bond donors (Lipinski definition) is 1. The van der Waals surface area contributed by atoms with Crippen LogP contribution in [0.25, 0.3) is 0 Å². The number of likely N-dealkylation sites (N-methyl/N-ethyl adjacent to an activating group) is 1. The summed E-state index contributed by atoms with van der Waals surface area (Å²) in [4.78, 5) is 0. The molecule has 0 bridgehead atoms. The zero-order valence-corrected chi connectivity index (χ0v) is 11.7. The highest BCUT2D eigenvalue weighted by atomic mass is 19.4. The molecule has 108 valence electrons. The van der Waals surface area contributed by atoms with Gasteiger partial charge in [-0.25, -0.2) is 0 Å². The van der Waals surface area contributed by atoms with Crippen LogP contribution in [0.15, 0.2) is 24.3 Å². The lowest BCUT2D eigenvalue weighted by molar-refractivity contribution is -0.137. The molecule has 0 aromatic heterocycles. The standard InChI is InChI=1S/C15H22F3N/c1-11(2)7-8-14(19-3)10-12-5-4-6-13(9-12)15(16,17)18/h4-6,9,11,14,19H,7-8,10H2,1-3H3. The highest BCUT2D eigenvalue weighted by molar-refractivity contribution is 5.26. The number of alkyl halides is 3. The molecule has 0 amide bonds. The van der Waals surface area contributed by atoms with E-state index in [1.807, 2.05) is 7.05 Å². The van der Waals surface area contributed by atoms with Crippen molar-refractivity contribution in [3.05, 3.63) is 35.4 Å². The van der Waals surface area contributed by atoms with Crippen LogP contribution in [0.4, 0.5) is 13.2 Å². The highest BCUT2D eigenvalue weighted by Crippen LogP contribution is 2.29. The minimum Gasteiger partial charge on any atom is -0.317 e. The van der Waals surface area contributed by atoms with E-state index in [0.29, 0.717) is 12.3 Å². The van der Waals surface area contributed by atoms with Gasteiger partial charge < -0.3 is 5.32 Å². The molecule has 1 N–H and O–H groups in total. The van der Waals surface area contributed by atoms with Gasteiger partial charge in [-0.15, -0.1) is 0 Å². The molecule has 1 rings (SSSR count). The molecule has 1 aromatic rings. The Balaban J connectivity index is 2.69. The van der Waals surface area contributed by atoms with E-state index < -0.39 is 11.7 Å². The third-order valence-corrected chi connectivity index (χ3v) is 3.24. The average Bonchev–Trinajstić information content (AvgIpc) is 2.33. The third-order valence-electron chi connectivity index (χ3n) is 3.24. The molecule has 19 heavy (non-hydrogen) atoms. The molecule has 0 aliphatic carbocycles. The van der Waals surface area contributed by atoms with Crippen molar-refractivity contribution in [3.63, 3.8) is 0 Å². The van der Waals surface area contributed by atoms with Crippen molar-refractivity contribution in [2.24, 2.45) is 5.92 Å². The van der Waals surface area contributed by atoms with Crippen molar-refractivity contribution in [1.29, 1.82) is 0 Å². The van der Waals surface area contributed by atoms with Gasteiger partial charge in [0.1, 0.15) is 0 Å². The predicted octanol–water partition coefficient (Wildman–Crippen LogP) is 4.27. The maximum Gasteiger partial charge on any atom is 0.416 e. The van der Waals surface area contributed by atoms with E-state index >= 15 is 0 Å². The van der Waals surface area contributed by atoms with Crippen LogP contribution >= 0.6 is 0 Å². The van der Waals surface area contributed by atoms with Crippen molar-refractivity contribution >= 4 is 0 Å². The summed E-state index contributed by atoms with van der Waals surface area (Å²) in [7, 11) is 1.86. The van der Waals surface area contributed by atoms with Gasteiger partial charge in [0, 0.05) is 6.04 Å². The first-order chi connectivity index (χ1) is 8.82. The van der Waals surface area contributed by atoms with Crippen LogP contribution in [-0.2, 0) is 12.6 Å². The van der Waals surface area contributed by atoms with Gasteiger partial charge >= 0.3 is 6.18 Å². The molecular weight excluding hydrogens is 251 g/mol. The van der Waals surface area contributed by atoms with E-state index in [1.165, 1.54) is 12.1 Å². The Kier molecular flexibility index (Phi) is 5.85. The van der Waals surface area contributed by atoms with Crippen LogP contribution in [0.5, 0.6) is 0 Å². The zero-order chi connectivity index (χ0) is 14.5. The van der Waals surface area contributed by atoms with E-state index in [9.17, 15) is 13.2 Å². The fraction of sp³-hybridized carbons (Fsp3) is 0.600. The molecule has 0 aliphatic heterocycles. The second-order valence-electron chi connectivity index (χ2n) is 5.36. The molecule has 0 heterocycles. The number of halogens is 3. The molecule has 0 saturated carbocycles. The molecule has 1 unspecified atom stereocenters. The van der Waals surface area contributed by atoms with Crippen LogP contribution < -0.4 is 5.32 Å². The quantitative estimate of drug-likeness (QED) is 0.816. The first-order valence-corrected chi connectivity index (χ1v) is 6.66. The van der Waals surface area contributed by atoms with Crippen LogP contribution in [0.3, 0.4) is 0 Å². The summed E-state index contributed by atoms with van der Waals surface area (Å²) in [5.41, 5.74) is 0.168. The van der Waals surface area contributed by atoms with E-state index in [0.717, 1.165) is 24.5 Å². The number of hydrogen-bond acceptors (Lipinski definition) is 1. The second kappa shape index (κ2) is 6.94. The van der Waals surface area contributed by atoms with Crippen LogP contribution in [0, 0.1) is 5.92 Å². The first-order valence-electron chi connectivity index (χ1n) is 6.66. The topological polar surface area (TPSA) is 12.0 Å². The van der Waals surface area contributed by atoms with E-state index in [2.05, 4.69) is 19.2 Å². The van der Waals surface area contributed by atoms with Crippen molar-refractivity contribution in [2.45, 2.75) is 45.3 Å². The van der Waals surface area contributed by atoms with Gasteiger partial charge in [-0.05, 0) is 43.9 Å². The monoisotopic (exact) mass is 273 g/mol. The fourth-order valence-corrected chi connectivity index (χ4v) is 2.04. The molecule has 4 heteroatoms. The minimum absolute atomic E-state index is 0.228. The van der Waals surface area contributed by atoms with Crippen molar-refractivity contribution in [1.82, 2.24) is 5.32 Å². The number of benzene rings is 1. The van der Waals surface area contributed by atoms with Gasteiger partial charge in [-0.3, -0.25) is 0 Å². The van der Waals surface area contributed by atoms with E-state index in [4.69, 9.17) is 0 Å². The van der Waals surface area contributed by atoms with Crippen LogP contribution in [0.2, 0.25) is 0 Å². The van der Waals surface area contributed by atoms with Crippen molar-refractivity contribution in [2.75, 3.05) is 7.05 Å². The molecule has 0 aliphatic rings. The number of nitrogens with one attached hydrogen (secondary N) is 1. The SMILES string of the molecule is CNC(CCC(C)C)Cc1cccc(C(F)(F)F)c1. The lowest BCUT2D eigenvalue weighted by Crippen LogP contribution is -2.28. The lowest BCUT2D eigenvalue weighted by Gasteiger charge is -2.18. The van der Waals surface area contributed by atoms with Crippen LogP contribution in [0.1, 0.15) is 37.8 Å². The Labute approximate surface area is 113 Å². The first kappa shape index (κ1) is 16.0. The lowest BCUT2D eigenvalue weighted by atomic mass is 9.97. The summed E-state index contributed by atoms with van der Waals surface area (Å²) in [6.07, 6.45) is -1.58. The fourth-order valence-electron chi connectivity index (χ4n) is 2.04. The molecule has 0 fully saturated rings. The summed E-state index contributed by atoms with van der Waals surface area (Å²) >= 11 is 0. The Morgan fingerprint density at radius 1 is 1.16 bits per heavy atom. The summed E-state index contributed by atoms with van der Waals surface area (Å²) in [5.74, 6) is 0.609. The van der Waals surface area contributed by atoms with E-state index in [-0.39, 0.29) is 6.04 Å². The summed E-state index contributed by atoms with van der Waals surface area (Å²) in [6, 6.07) is 5.83. The largest absolute Gasteiger partial charge is 0.416 e. The summed E-state index contributed by atoms with van der Waals surface area (Å²) < 4.78 is 37.9. The second-order valence-corrected chi connectivity index (χ2v) is 5.36. The minimum atomic E-state index is -4.26. The van der Waals surface area contributed by atoms with Gasteiger partial charge in [0.05, 0.1) is 5.56 Å². The van der Waals surface area contributed by atoms with Gasteiger partial charge in [-0.1, -0.05) is 32.0 Å². The molecule has 1 nitrogen and oxygen atoms in total. The highest BCUT2D eigenvalue weighted by Gasteiger charge is 2.30. The smallest absolute Gasteiger partial charge is 0.317 e. The molecule has 1 atom stereocenters. The summed E-state index contributed by atoms with van der Waals surface area (Å²) in [5, 5.41) is 3.18. The normalized spacial score (nSPS) is 13.8. The Hall–Kier alpha value is -1.03. The Bertz CT molecular complexity index is 385. The van der Waals surface area contributed by atoms with Gasteiger partial charge in [-0.2, -0.15) is 13.2 Å². The van der Waals surface area contributed by atoms with Gasteiger partial charge in [0.2, 0.25) is 0 Å². The zero-order valence-electron chi connectivity index (χ0n) is 11.7. The van der Waals surface area contributed by atoms with Gasteiger partial charge in [0.15, 0.2) is 0 Å². The molecule has 0 spiro atoms. The summed E-state index contributed by atoms with van der Waals surface area (Å²) in [6.45, 7) is 4.30. The average molecular weight is 273 g/mol. The third kappa shape index (κ3) is 5.64. The Morgan fingerprint density at radius 3 is 2.37 bits per heavy atom. The number of rotatable bonds is 6. The maximum absolute atomic E-state index is 12.6. The molecule has 0 saturated heterocycles. The van der Waals surface area contributed by atoms with E-state index in [1.54, 1.807) is 6.07 Å². The molecule has 0 radical (unpaired) electrons. The molecule has 1 aromatic carbocycles. The van der Waals surface area contributed by atoms with Gasteiger partial charge in [0.25, 0.3) is 0 Å². The van der Waals surface area contributed by atoms with Crippen molar-refractivity contribution < 1.29 is 13.2 Å². The van der Waals surface area contributed by atoms with Crippen molar-refractivity contribution in [3.8, 4) is 0 Å². The predicted molar refractivity (Wildman–Crippen MR) is 72.1 cm³/mol. The maximum atomic E-state index is 12.6. The molecular formula is C15H22F3N.